The van der Waals surface area contributed by atoms with Gasteiger partial charge < -0.3 is 10.1 Å². The lowest BCUT2D eigenvalue weighted by molar-refractivity contribution is -0.116. The molecule has 0 spiro atoms. The van der Waals surface area contributed by atoms with Crippen LogP contribution in [0.3, 0.4) is 0 Å². The molecule has 0 saturated carbocycles. The Morgan fingerprint density at radius 3 is 2.36 bits per heavy atom. The van der Waals surface area contributed by atoms with E-state index in [4.69, 9.17) is 16.3 Å². The summed E-state index contributed by atoms with van der Waals surface area (Å²) in [5.41, 5.74) is 1.45. The van der Waals surface area contributed by atoms with E-state index in [2.05, 4.69) is 5.32 Å². The predicted octanol–water partition coefficient (Wildman–Crippen LogP) is 4.14. The van der Waals surface area contributed by atoms with Crippen LogP contribution in [0, 0.1) is 0 Å². The van der Waals surface area contributed by atoms with Crippen LogP contribution in [0.25, 0.3) is 0 Å². The van der Waals surface area contributed by atoms with Gasteiger partial charge in [0.1, 0.15) is 5.75 Å². The molecule has 0 fully saturated rings. The second kappa shape index (κ2) is 8.89. The monoisotopic (exact) mass is 400 g/mol. The number of unbranched alkanes of at least 4 members (excludes halogenated alkanes) is 2. The Hall–Kier alpha value is -2.86. The highest BCUT2D eigenvalue weighted by atomic mass is 35.5. The molecule has 146 valence electrons. The van der Waals surface area contributed by atoms with Crippen LogP contribution in [0.2, 0.25) is 5.02 Å². The van der Waals surface area contributed by atoms with Crippen molar-refractivity contribution in [3.05, 3.63) is 58.6 Å². The average Bonchev–Trinajstić information content (AvgIpc) is 2.93. The van der Waals surface area contributed by atoms with Crippen LogP contribution in [-0.2, 0) is 4.79 Å². The first-order chi connectivity index (χ1) is 13.5. The number of nitrogens with zero attached hydrogens (tertiary/aromatic N) is 1. The smallest absolute Gasteiger partial charge is 0.261 e. The number of fused-ring (bicyclic) bond motifs is 1. The molecule has 0 atom stereocenters. The van der Waals surface area contributed by atoms with E-state index in [1.54, 1.807) is 42.5 Å². The number of ether oxygens (including phenoxy) is 1. The molecule has 0 saturated heterocycles. The summed E-state index contributed by atoms with van der Waals surface area (Å²) in [6.07, 6.45) is 2.36. The van der Waals surface area contributed by atoms with E-state index in [-0.39, 0.29) is 17.7 Å². The second-order valence-electron chi connectivity index (χ2n) is 6.51. The summed E-state index contributed by atoms with van der Waals surface area (Å²) in [5.74, 6) is -0.0811. The van der Waals surface area contributed by atoms with Gasteiger partial charge in [-0.05, 0) is 43.2 Å². The van der Waals surface area contributed by atoms with Gasteiger partial charge in [-0.1, -0.05) is 30.2 Å². The van der Waals surface area contributed by atoms with Crippen molar-refractivity contribution in [1.29, 1.82) is 0 Å². The van der Waals surface area contributed by atoms with Crippen LogP contribution in [0.15, 0.2) is 42.5 Å². The Morgan fingerprint density at radius 1 is 1.04 bits per heavy atom. The fourth-order valence-electron chi connectivity index (χ4n) is 3.17. The number of carbonyl (C=O) groups excluding carboxylic acids is 3. The molecule has 3 amide bonds. The molecule has 0 radical (unpaired) electrons. The molecule has 2 aromatic rings. The van der Waals surface area contributed by atoms with E-state index in [1.807, 2.05) is 0 Å². The molecule has 6 nitrogen and oxygen atoms in total. The number of hydrogen-bond donors (Lipinski definition) is 1. The third kappa shape index (κ3) is 4.34. The standard InChI is InChI=1S/C21H21ClN2O4/c1-28-18-11-10-14(22)13-17(18)23-19(25)9-3-2-6-12-24-20(26)15-7-4-5-8-16(15)21(24)27/h4-5,7-8,10-11,13H,2-3,6,9,12H2,1H3,(H,23,25). The summed E-state index contributed by atoms with van der Waals surface area (Å²) in [7, 11) is 1.53. The van der Waals surface area contributed by atoms with Gasteiger partial charge in [-0.15, -0.1) is 0 Å². The maximum absolute atomic E-state index is 12.3. The number of nitrogens with one attached hydrogen (secondary N) is 1. The molecule has 28 heavy (non-hydrogen) atoms. The zero-order valence-corrected chi connectivity index (χ0v) is 16.3. The highest BCUT2D eigenvalue weighted by molar-refractivity contribution is 6.31. The van der Waals surface area contributed by atoms with Crippen LogP contribution in [-0.4, -0.2) is 36.3 Å². The Balaban J connectivity index is 1.42. The third-order valence-electron chi connectivity index (χ3n) is 4.60. The van der Waals surface area contributed by atoms with Crippen molar-refractivity contribution in [3.8, 4) is 5.75 Å². The van der Waals surface area contributed by atoms with E-state index in [0.29, 0.717) is 53.4 Å². The molecule has 0 bridgehead atoms. The maximum atomic E-state index is 12.3. The van der Waals surface area contributed by atoms with Gasteiger partial charge in [0.2, 0.25) is 5.91 Å². The fourth-order valence-corrected chi connectivity index (χ4v) is 3.34. The van der Waals surface area contributed by atoms with E-state index < -0.39 is 0 Å². The number of rotatable bonds is 8. The molecule has 1 aliphatic heterocycles. The van der Waals surface area contributed by atoms with Crippen LogP contribution in [0.1, 0.15) is 46.4 Å². The number of carbonyl (C=O) groups is 3. The summed E-state index contributed by atoms with van der Waals surface area (Å²) >= 11 is 5.96. The van der Waals surface area contributed by atoms with Crippen molar-refractivity contribution in [2.45, 2.75) is 25.7 Å². The van der Waals surface area contributed by atoms with E-state index in [9.17, 15) is 14.4 Å². The molecular weight excluding hydrogens is 380 g/mol. The number of halogens is 1. The van der Waals surface area contributed by atoms with Crippen LogP contribution >= 0.6 is 11.6 Å². The summed E-state index contributed by atoms with van der Waals surface area (Å²) in [5, 5.41) is 3.30. The zero-order chi connectivity index (χ0) is 20.1. The third-order valence-corrected chi connectivity index (χ3v) is 4.83. The molecular formula is C21H21ClN2O4. The summed E-state index contributed by atoms with van der Waals surface area (Å²) < 4.78 is 5.21. The molecule has 7 heteroatoms. The normalized spacial score (nSPS) is 12.9. The highest BCUT2D eigenvalue weighted by Gasteiger charge is 2.34. The zero-order valence-electron chi connectivity index (χ0n) is 15.5. The number of methoxy groups -OCH3 is 1. The molecule has 2 aromatic carbocycles. The Labute approximate surface area is 168 Å². The molecule has 3 rings (SSSR count). The van der Waals surface area contributed by atoms with Crippen LogP contribution < -0.4 is 10.1 Å². The van der Waals surface area contributed by atoms with Crippen molar-refractivity contribution >= 4 is 35.0 Å². The van der Waals surface area contributed by atoms with Gasteiger partial charge >= 0.3 is 0 Å². The molecule has 1 heterocycles. The first kappa shape index (κ1) is 19.9. The molecule has 0 aliphatic carbocycles. The Kier molecular flexibility index (Phi) is 6.31. The maximum Gasteiger partial charge on any atom is 0.261 e. The fraction of sp³-hybridized carbons (Fsp3) is 0.286. The second-order valence-corrected chi connectivity index (χ2v) is 6.95. The number of imide groups is 1. The van der Waals surface area contributed by atoms with Crippen LogP contribution in [0.4, 0.5) is 5.69 Å². The van der Waals surface area contributed by atoms with Gasteiger partial charge in [-0.2, -0.15) is 0 Å². The Bertz CT molecular complexity index is 878. The largest absolute Gasteiger partial charge is 0.495 e. The Morgan fingerprint density at radius 2 is 1.71 bits per heavy atom. The van der Waals surface area contributed by atoms with E-state index >= 15 is 0 Å². The van der Waals surface area contributed by atoms with E-state index in [0.717, 1.165) is 6.42 Å². The lowest BCUT2D eigenvalue weighted by Crippen LogP contribution is -2.30. The first-order valence-electron chi connectivity index (χ1n) is 9.10. The first-order valence-corrected chi connectivity index (χ1v) is 9.47. The van der Waals surface area contributed by atoms with Gasteiger partial charge in [-0.3, -0.25) is 19.3 Å². The van der Waals surface area contributed by atoms with Crippen LogP contribution in [0.5, 0.6) is 5.75 Å². The van der Waals surface area contributed by atoms with Gasteiger partial charge in [0, 0.05) is 18.0 Å². The van der Waals surface area contributed by atoms with Gasteiger partial charge in [-0.25, -0.2) is 0 Å². The number of hydrogen-bond acceptors (Lipinski definition) is 4. The summed E-state index contributed by atoms with van der Waals surface area (Å²) in [4.78, 5) is 38.0. The van der Waals surface area contributed by atoms with Crippen molar-refractivity contribution in [2.75, 3.05) is 19.0 Å². The van der Waals surface area contributed by atoms with Crippen molar-refractivity contribution in [1.82, 2.24) is 4.90 Å². The summed E-state index contributed by atoms with van der Waals surface area (Å²) in [6, 6.07) is 11.9. The SMILES string of the molecule is COc1ccc(Cl)cc1NC(=O)CCCCCN1C(=O)c2ccccc2C1=O. The molecule has 1 aliphatic rings. The van der Waals surface area contributed by atoms with Gasteiger partial charge in [0.25, 0.3) is 11.8 Å². The topological polar surface area (TPSA) is 75.7 Å². The number of benzene rings is 2. The lowest BCUT2D eigenvalue weighted by atomic mass is 10.1. The molecule has 1 N–H and O–H groups in total. The quantitative estimate of drug-likeness (QED) is 0.533. The van der Waals surface area contributed by atoms with Gasteiger partial charge in [0.05, 0.1) is 23.9 Å². The minimum atomic E-state index is -0.244. The van der Waals surface area contributed by atoms with E-state index in [1.165, 1.54) is 12.0 Å². The lowest BCUT2D eigenvalue weighted by Gasteiger charge is -2.13. The van der Waals surface area contributed by atoms with Crippen molar-refractivity contribution < 1.29 is 19.1 Å². The van der Waals surface area contributed by atoms with Crippen molar-refractivity contribution in [2.24, 2.45) is 0 Å². The average molecular weight is 401 g/mol. The predicted molar refractivity (Wildman–Crippen MR) is 107 cm³/mol. The minimum Gasteiger partial charge on any atom is -0.495 e. The number of anilines is 1. The van der Waals surface area contributed by atoms with Gasteiger partial charge in [0.15, 0.2) is 0 Å². The van der Waals surface area contributed by atoms with Crippen molar-refractivity contribution in [3.63, 3.8) is 0 Å². The molecule has 0 aromatic heterocycles. The highest BCUT2D eigenvalue weighted by Crippen LogP contribution is 2.28. The summed E-state index contributed by atoms with van der Waals surface area (Å²) in [6.45, 7) is 0.357. The number of amides is 3. The molecule has 0 unspecified atom stereocenters. The minimum absolute atomic E-state index is 0.138.